The molecule has 0 saturated carbocycles. The number of likely N-dealkylation sites (tertiary alicyclic amines) is 1. The van der Waals surface area contributed by atoms with E-state index >= 15 is 0 Å². The molecule has 0 aliphatic carbocycles. The van der Waals surface area contributed by atoms with Crippen molar-refractivity contribution in [3.8, 4) is 0 Å². The number of carbonyl (C=O) groups is 1. The Balaban J connectivity index is 1.63. The molecule has 0 unspecified atom stereocenters. The summed E-state index contributed by atoms with van der Waals surface area (Å²) in [5.74, 6) is 1.25. The number of anilines is 1. The molecule has 21 heavy (non-hydrogen) atoms. The average Bonchev–Trinajstić information content (AvgIpc) is 2.94. The van der Waals surface area contributed by atoms with Gasteiger partial charge in [-0.25, -0.2) is 4.98 Å². The zero-order chi connectivity index (χ0) is 14.8. The van der Waals surface area contributed by atoms with E-state index in [9.17, 15) is 4.79 Å². The molecule has 3 N–H and O–H groups in total. The molecule has 0 aromatic carbocycles. The van der Waals surface area contributed by atoms with Crippen LogP contribution in [-0.4, -0.2) is 44.1 Å². The lowest BCUT2D eigenvalue weighted by molar-refractivity contribution is 0.0705. The van der Waals surface area contributed by atoms with Crippen molar-refractivity contribution in [1.29, 1.82) is 0 Å². The van der Waals surface area contributed by atoms with Crippen molar-refractivity contribution in [1.82, 2.24) is 25.1 Å². The third-order valence-corrected chi connectivity index (χ3v) is 3.86. The molecule has 3 rings (SSSR count). The molecule has 1 amide bonds. The lowest BCUT2D eigenvalue weighted by Gasteiger charge is -2.30. The number of aromatic amines is 1. The molecule has 1 saturated heterocycles. The van der Waals surface area contributed by atoms with Gasteiger partial charge in [-0.15, -0.1) is 5.10 Å². The number of piperidine rings is 1. The molecule has 8 heteroatoms. The number of aromatic nitrogens is 4. The summed E-state index contributed by atoms with van der Waals surface area (Å²) in [7, 11) is 0. The van der Waals surface area contributed by atoms with E-state index in [1.807, 2.05) is 0 Å². The summed E-state index contributed by atoms with van der Waals surface area (Å²) >= 11 is 5.78. The van der Waals surface area contributed by atoms with Crippen LogP contribution in [0.5, 0.6) is 0 Å². The van der Waals surface area contributed by atoms with Gasteiger partial charge >= 0.3 is 0 Å². The molecule has 110 valence electrons. The fourth-order valence-electron chi connectivity index (χ4n) is 2.49. The minimum atomic E-state index is -0.0674. The predicted molar refractivity (Wildman–Crippen MR) is 77.9 cm³/mol. The Morgan fingerprint density at radius 2 is 2.14 bits per heavy atom. The Bertz CT molecular complexity index is 632. The van der Waals surface area contributed by atoms with E-state index in [2.05, 4.69) is 20.2 Å². The van der Waals surface area contributed by atoms with Gasteiger partial charge < -0.3 is 10.6 Å². The topological polar surface area (TPSA) is 101 Å². The quantitative estimate of drug-likeness (QED) is 0.874. The van der Waals surface area contributed by atoms with E-state index in [0.29, 0.717) is 23.8 Å². The number of nitrogen functional groups attached to an aromatic ring is 1. The molecule has 0 atom stereocenters. The lowest BCUT2D eigenvalue weighted by Crippen LogP contribution is -2.38. The van der Waals surface area contributed by atoms with Crippen LogP contribution in [0.4, 0.5) is 5.95 Å². The van der Waals surface area contributed by atoms with Crippen LogP contribution < -0.4 is 5.73 Å². The van der Waals surface area contributed by atoms with Crippen molar-refractivity contribution in [2.45, 2.75) is 18.8 Å². The summed E-state index contributed by atoms with van der Waals surface area (Å²) < 4.78 is 0. The van der Waals surface area contributed by atoms with Crippen molar-refractivity contribution < 1.29 is 4.79 Å². The number of nitrogens with one attached hydrogen (secondary N) is 1. The van der Waals surface area contributed by atoms with Gasteiger partial charge in [0.2, 0.25) is 5.95 Å². The number of H-pyrrole nitrogens is 1. The summed E-state index contributed by atoms with van der Waals surface area (Å²) in [5, 5.41) is 7.20. The van der Waals surface area contributed by atoms with Gasteiger partial charge in [0.15, 0.2) is 0 Å². The van der Waals surface area contributed by atoms with E-state index in [-0.39, 0.29) is 17.8 Å². The van der Waals surface area contributed by atoms with Crippen LogP contribution in [0.15, 0.2) is 18.3 Å². The number of amides is 1. The second kappa shape index (κ2) is 5.69. The van der Waals surface area contributed by atoms with Crippen molar-refractivity contribution in [2.24, 2.45) is 0 Å². The second-order valence-electron chi connectivity index (χ2n) is 5.01. The maximum atomic E-state index is 12.3. The highest BCUT2D eigenvalue weighted by Crippen LogP contribution is 2.26. The summed E-state index contributed by atoms with van der Waals surface area (Å²) in [6.07, 6.45) is 3.14. The molecule has 1 aliphatic heterocycles. The van der Waals surface area contributed by atoms with Crippen LogP contribution in [0.3, 0.4) is 0 Å². The first-order valence-electron chi connectivity index (χ1n) is 6.72. The second-order valence-corrected chi connectivity index (χ2v) is 5.44. The van der Waals surface area contributed by atoms with Gasteiger partial charge in [0, 0.05) is 25.2 Å². The first-order chi connectivity index (χ1) is 10.1. The first-order valence-corrected chi connectivity index (χ1v) is 7.10. The molecular formula is C13H15ClN6O. The van der Waals surface area contributed by atoms with E-state index in [0.717, 1.165) is 18.7 Å². The van der Waals surface area contributed by atoms with Crippen molar-refractivity contribution in [3.63, 3.8) is 0 Å². The Morgan fingerprint density at radius 1 is 1.38 bits per heavy atom. The third-order valence-electron chi connectivity index (χ3n) is 3.64. The Morgan fingerprint density at radius 3 is 2.71 bits per heavy atom. The number of hydrogen-bond donors (Lipinski definition) is 2. The number of nitrogens with two attached hydrogens (primary N) is 1. The molecule has 0 bridgehead atoms. The van der Waals surface area contributed by atoms with Gasteiger partial charge in [0.25, 0.3) is 5.91 Å². The standard InChI is InChI=1S/C13H15ClN6O/c14-9-1-2-10(16-7-9)12(21)20-5-3-8(4-6-20)11-17-13(15)19-18-11/h1-2,7-8H,3-6H2,(H3,15,17,18,19). The van der Waals surface area contributed by atoms with Gasteiger partial charge in [0.1, 0.15) is 11.5 Å². The zero-order valence-electron chi connectivity index (χ0n) is 11.3. The molecule has 2 aromatic heterocycles. The number of pyridine rings is 1. The van der Waals surface area contributed by atoms with Crippen LogP contribution in [0.2, 0.25) is 5.02 Å². The predicted octanol–water partition coefficient (Wildman–Crippen LogP) is 1.46. The highest BCUT2D eigenvalue weighted by molar-refractivity contribution is 6.30. The Kier molecular flexibility index (Phi) is 3.74. The van der Waals surface area contributed by atoms with Crippen LogP contribution in [-0.2, 0) is 0 Å². The molecular weight excluding hydrogens is 292 g/mol. The highest BCUT2D eigenvalue weighted by Gasteiger charge is 2.26. The maximum Gasteiger partial charge on any atom is 0.272 e. The maximum absolute atomic E-state index is 12.3. The smallest absolute Gasteiger partial charge is 0.272 e. The van der Waals surface area contributed by atoms with Crippen LogP contribution in [0, 0.1) is 0 Å². The van der Waals surface area contributed by atoms with Crippen LogP contribution in [0.1, 0.15) is 35.1 Å². The molecule has 1 aliphatic rings. The number of hydrogen-bond acceptors (Lipinski definition) is 5. The Labute approximate surface area is 126 Å². The Hall–Kier alpha value is -2.15. The summed E-state index contributed by atoms with van der Waals surface area (Å²) in [6.45, 7) is 1.32. The van der Waals surface area contributed by atoms with Crippen molar-refractivity contribution in [3.05, 3.63) is 34.9 Å². The van der Waals surface area contributed by atoms with Gasteiger partial charge in [-0.1, -0.05) is 11.6 Å². The van der Waals surface area contributed by atoms with E-state index in [1.54, 1.807) is 17.0 Å². The molecule has 2 aromatic rings. The van der Waals surface area contributed by atoms with E-state index in [4.69, 9.17) is 17.3 Å². The lowest BCUT2D eigenvalue weighted by atomic mass is 9.96. The fourth-order valence-corrected chi connectivity index (χ4v) is 2.60. The summed E-state index contributed by atoms with van der Waals surface area (Å²) in [5.41, 5.74) is 5.93. The SMILES string of the molecule is Nc1n[nH]c(C2CCN(C(=O)c3ccc(Cl)cn3)CC2)n1. The van der Waals surface area contributed by atoms with Crippen molar-refractivity contribution in [2.75, 3.05) is 18.8 Å². The van der Waals surface area contributed by atoms with Crippen LogP contribution in [0.25, 0.3) is 0 Å². The van der Waals surface area contributed by atoms with Gasteiger partial charge in [0.05, 0.1) is 5.02 Å². The minimum Gasteiger partial charge on any atom is -0.367 e. The van der Waals surface area contributed by atoms with Gasteiger partial charge in [-0.3, -0.25) is 9.89 Å². The van der Waals surface area contributed by atoms with Gasteiger partial charge in [-0.2, -0.15) is 4.98 Å². The highest BCUT2D eigenvalue weighted by atomic mass is 35.5. The number of halogens is 1. The third kappa shape index (κ3) is 2.97. The molecule has 0 radical (unpaired) electrons. The molecule has 0 spiro atoms. The largest absolute Gasteiger partial charge is 0.367 e. The van der Waals surface area contributed by atoms with Crippen LogP contribution >= 0.6 is 11.6 Å². The number of rotatable bonds is 2. The fraction of sp³-hybridized carbons (Fsp3) is 0.385. The monoisotopic (exact) mass is 306 g/mol. The number of carbonyl (C=O) groups excluding carboxylic acids is 1. The normalized spacial score (nSPS) is 16.1. The molecule has 1 fully saturated rings. The minimum absolute atomic E-state index is 0.0674. The summed E-state index contributed by atoms with van der Waals surface area (Å²) in [6, 6.07) is 3.32. The van der Waals surface area contributed by atoms with E-state index in [1.165, 1.54) is 6.20 Å². The van der Waals surface area contributed by atoms with E-state index < -0.39 is 0 Å². The average molecular weight is 307 g/mol. The summed E-state index contributed by atoms with van der Waals surface area (Å²) in [4.78, 5) is 22.3. The zero-order valence-corrected chi connectivity index (χ0v) is 12.0. The van der Waals surface area contributed by atoms with Gasteiger partial charge in [-0.05, 0) is 25.0 Å². The first kappa shape index (κ1) is 13.8. The number of nitrogens with zero attached hydrogens (tertiary/aromatic N) is 4. The molecule has 3 heterocycles. The van der Waals surface area contributed by atoms with Crippen molar-refractivity contribution >= 4 is 23.5 Å². The molecule has 7 nitrogen and oxygen atoms in total.